The molecule has 20 heavy (non-hydrogen) atoms. The number of aliphatic hydroxyl groups is 1. The quantitative estimate of drug-likeness (QED) is 0.825. The van der Waals surface area contributed by atoms with E-state index in [-0.39, 0.29) is 12.0 Å². The van der Waals surface area contributed by atoms with Gasteiger partial charge in [-0.15, -0.1) is 0 Å². The monoisotopic (exact) mass is 342 g/mol. The highest BCUT2D eigenvalue weighted by molar-refractivity contribution is 9.10. The molecule has 0 fully saturated rings. The first-order valence-electron chi connectivity index (χ1n) is 6.74. The van der Waals surface area contributed by atoms with Crippen molar-refractivity contribution >= 4 is 21.8 Å². The van der Waals surface area contributed by atoms with E-state index in [9.17, 15) is 9.90 Å². The molecule has 0 heterocycles. The summed E-state index contributed by atoms with van der Waals surface area (Å²) in [5.74, 6) is 0.0776. The molecule has 0 radical (unpaired) electrons. The zero-order chi connectivity index (χ0) is 15.1. The van der Waals surface area contributed by atoms with Crippen molar-refractivity contribution in [3.05, 3.63) is 34.3 Å². The second kappa shape index (κ2) is 8.39. The SMILES string of the molecule is CC(O)CCN(C)CC(=O)N(C)Cc1ccccc1Br. The summed E-state index contributed by atoms with van der Waals surface area (Å²) in [6.45, 7) is 3.43. The Balaban J connectivity index is 2.45. The number of carbonyl (C=O) groups is 1. The van der Waals surface area contributed by atoms with E-state index in [2.05, 4.69) is 15.9 Å². The molecule has 112 valence electrons. The van der Waals surface area contributed by atoms with Crippen LogP contribution >= 0.6 is 15.9 Å². The van der Waals surface area contributed by atoms with Gasteiger partial charge in [0.25, 0.3) is 0 Å². The number of hydrogen-bond donors (Lipinski definition) is 1. The molecule has 1 N–H and O–H groups in total. The van der Waals surface area contributed by atoms with Crippen LogP contribution in [-0.4, -0.2) is 54.1 Å². The molecule has 0 spiro atoms. The van der Waals surface area contributed by atoms with Gasteiger partial charge in [-0.05, 0) is 32.0 Å². The van der Waals surface area contributed by atoms with Crippen LogP contribution in [0.4, 0.5) is 0 Å². The second-order valence-corrected chi connectivity index (χ2v) is 6.07. The second-order valence-electron chi connectivity index (χ2n) is 5.22. The summed E-state index contributed by atoms with van der Waals surface area (Å²) in [5.41, 5.74) is 1.09. The minimum Gasteiger partial charge on any atom is -0.393 e. The average Bonchev–Trinajstić information content (AvgIpc) is 2.39. The summed E-state index contributed by atoms with van der Waals surface area (Å²) >= 11 is 3.49. The highest BCUT2D eigenvalue weighted by atomic mass is 79.9. The van der Waals surface area contributed by atoms with Crippen LogP contribution in [0.1, 0.15) is 18.9 Å². The standard InChI is InChI=1S/C15H23BrN2O2/c1-12(19)8-9-17(2)11-15(20)18(3)10-13-6-4-5-7-14(13)16/h4-7,12,19H,8-11H2,1-3H3. The number of likely N-dealkylation sites (N-methyl/N-ethyl adjacent to an activating group) is 2. The Hall–Kier alpha value is -0.910. The maximum atomic E-state index is 12.1. The van der Waals surface area contributed by atoms with Gasteiger partial charge >= 0.3 is 0 Å². The lowest BCUT2D eigenvalue weighted by atomic mass is 10.2. The van der Waals surface area contributed by atoms with Gasteiger partial charge < -0.3 is 10.0 Å². The fourth-order valence-electron chi connectivity index (χ4n) is 1.81. The molecule has 0 saturated heterocycles. The summed E-state index contributed by atoms with van der Waals surface area (Å²) in [6.07, 6.45) is 0.350. The van der Waals surface area contributed by atoms with Gasteiger partial charge in [0, 0.05) is 24.6 Å². The van der Waals surface area contributed by atoms with Crippen molar-refractivity contribution in [2.75, 3.05) is 27.2 Å². The molecule has 0 aliphatic rings. The highest BCUT2D eigenvalue weighted by Crippen LogP contribution is 2.17. The highest BCUT2D eigenvalue weighted by Gasteiger charge is 2.13. The first kappa shape index (κ1) is 17.1. The molecule has 1 aromatic rings. The lowest BCUT2D eigenvalue weighted by Crippen LogP contribution is -2.37. The number of hydrogen-bond acceptors (Lipinski definition) is 3. The van der Waals surface area contributed by atoms with E-state index in [0.29, 0.717) is 26.1 Å². The number of halogens is 1. The van der Waals surface area contributed by atoms with Gasteiger partial charge in [-0.3, -0.25) is 9.69 Å². The van der Waals surface area contributed by atoms with E-state index in [4.69, 9.17) is 0 Å². The average molecular weight is 343 g/mol. The number of rotatable bonds is 7. The smallest absolute Gasteiger partial charge is 0.236 e. The van der Waals surface area contributed by atoms with Crippen molar-refractivity contribution < 1.29 is 9.90 Å². The Morgan fingerprint density at radius 1 is 1.35 bits per heavy atom. The molecule has 1 rings (SSSR count). The maximum Gasteiger partial charge on any atom is 0.236 e. The first-order valence-corrected chi connectivity index (χ1v) is 7.53. The Bertz CT molecular complexity index is 438. The van der Waals surface area contributed by atoms with E-state index in [1.165, 1.54) is 0 Å². The molecule has 0 bridgehead atoms. The molecule has 0 saturated carbocycles. The van der Waals surface area contributed by atoms with Crippen LogP contribution < -0.4 is 0 Å². The van der Waals surface area contributed by atoms with Gasteiger partial charge in [-0.1, -0.05) is 34.1 Å². The van der Waals surface area contributed by atoms with Gasteiger partial charge in [0.1, 0.15) is 0 Å². The zero-order valence-corrected chi connectivity index (χ0v) is 13.9. The molecule has 1 aromatic carbocycles. The maximum absolute atomic E-state index is 12.1. The van der Waals surface area contributed by atoms with Crippen molar-refractivity contribution in [3.63, 3.8) is 0 Å². The zero-order valence-electron chi connectivity index (χ0n) is 12.3. The third kappa shape index (κ3) is 6.03. The van der Waals surface area contributed by atoms with Crippen molar-refractivity contribution in [2.45, 2.75) is 26.0 Å². The summed E-state index contributed by atoms with van der Waals surface area (Å²) in [5, 5.41) is 9.24. The lowest BCUT2D eigenvalue weighted by Gasteiger charge is -2.22. The summed E-state index contributed by atoms with van der Waals surface area (Å²) in [7, 11) is 3.71. The van der Waals surface area contributed by atoms with E-state index in [0.717, 1.165) is 10.0 Å². The van der Waals surface area contributed by atoms with Crippen molar-refractivity contribution in [2.24, 2.45) is 0 Å². The van der Waals surface area contributed by atoms with Crippen LogP contribution in [0.25, 0.3) is 0 Å². The Kier molecular flexibility index (Phi) is 7.19. The third-order valence-corrected chi connectivity index (χ3v) is 3.90. The number of carbonyl (C=O) groups excluding carboxylic acids is 1. The number of aliphatic hydroxyl groups excluding tert-OH is 1. The van der Waals surface area contributed by atoms with E-state index < -0.39 is 0 Å². The Labute approximate surface area is 129 Å². The van der Waals surface area contributed by atoms with Crippen molar-refractivity contribution in [1.82, 2.24) is 9.80 Å². The molecule has 5 heteroatoms. The fourth-order valence-corrected chi connectivity index (χ4v) is 2.22. The van der Waals surface area contributed by atoms with Gasteiger partial charge in [-0.2, -0.15) is 0 Å². The minimum atomic E-state index is -0.328. The van der Waals surface area contributed by atoms with Crippen LogP contribution in [0.15, 0.2) is 28.7 Å². The fraction of sp³-hybridized carbons (Fsp3) is 0.533. The molecular weight excluding hydrogens is 320 g/mol. The number of nitrogens with zero attached hydrogens (tertiary/aromatic N) is 2. The van der Waals surface area contributed by atoms with E-state index in [1.807, 2.05) is 43.3 Å². The van der Waals surface area contributed by atoms with Gasteiger partial charge in [-0.25, -0.2) is 0 Å². The molecule has 4 nitrogen and oxygen atoms in total. The Morgan fingerprint density at radius 2 is 2.00 bits per heavy atom. The Morgan fingerprint density at radius 3 is 2.60 bits per heavy atom. The summed E-state index contributed by atoms with van der Waals surface area (Å²) < 4.78 is 1.02. The molecule has 1 amide bonds. The summed E-state index contributed by atoms with van der Waals surface area (Å²) in [4.78, 5) is 15.8. The van der Waals surface area contributed by atoms with Crippen LogP contribution in [0.2, 0.25) is 0 Å². The predicted octanol–water partition coefficient (Wildman–Crippen LogP) is 2.11. The van der Waals surface area contributed by atoms with Crippen molar-refractivity contribution in [3.8, 4) is 0 Å². The molecule has 0 aliphatic heterocycles. The molecule has 0 aromatic heterocycles. The number of amides is 1. The molecule has 0 aliphatic carbocycles. The van der Waals surface area contributed by atoms with E-state index in [1.54, 1.807) is 11.8 Å². The first-order chi connectivity index (χ1) is 9.40. The van der Waals surface area contributed by atoms with Crippen LogP contribution in [-0.2, 0) is 11.3 Å². The largest absolute Gasteiger partial charge is 0.393 e. The van der Waals surface area contributed by atoms with Gasteiger partial charge in [0.15, 0.2) is 0 Å². The molecular formula is C15H23BrN2O2. The third-order valence-electron chi connectivity index (χ3n) is 3.12. The molecule has 1 unspecified atom stereocenters. The minimum absolute atomic E-state index is 0.0776. The summed E-state index contributed by atoms with van der Waals surface area (Å²) in [6, 6.07) is 7.90. The van der Waals surface area contributed by atoms with Crippen LogP contribution in [0.3, 0.4) is 0 Å². The van der Waals surface area contributed by atoms with Crippen molar-refractivity contribution in [1.29, 1.82) is 0 Å². The normalized spacial score (nSPS) is 12.5. The van der Waals surface area contributed by atoms with Crippen LogP contribution in [0, 0.1) is 0 Å². The predicted molar refractivity (Wildman–Crippen MR) is 84.4 cm³/mol. The van der Waals surface area contributed by atoms with Gasteiger partial charge in [0.05, 0.1) is 12.6 Å². The molecule has 1 atom stereocenters. The lowest BCUT2D eigenvalue weighted by molar-refractivity contribution is -0.131. The number of benzene rings is 1. The van der Waals surface area contributed by atoms with Crippen LogP contribution in [0.5, 0.6) is 0 Å². The van der Waals surface area contributed by atoms with E-state index >= 15 is 0 Å². The van der Waals surface area contributed by atoms with Gasteiger partial charge in [0.2, 0.25) is 5.91 Å². The topological polar surface area (TPSA) is 43.8 Å².